The van der Waals surface area contributed by atoms with Gasteiger partial charge in [-0.15, -0.1) is 0 Å². The molecule has 2 N–H and O–H groups in total. The van der Waals surface area contributed by atoms with Crippen LogP contribution in [0.15, 0.2) is 24.3 Å². The summed E-state index contributed by atoms with van der Waals surface area (Å²) in [7, 11) is 0. The van der Waals surface area contributed by atoms with Gasteiger partial charge in [0.1, 0.15) is 0 Å². The van der Waals surface area contributed by atoms with Gasteiger partial charge in [0, 0.05) is 18.5 Å². The standard InChI is InChI=1S/C17H24N2O/c20-17(19-14-10-11-14)9-4-12-18-16-8-3-6-13-5-1-2-7-15(13)16/h1-2,5,7,14,16,18H,3-4,6,8-12H2,(H,19,20). The molecule has 0 radical (unpaired) electrons. The highest BCUT2D eigenvalue weighted by Gasteiger charge is 2.23. The van der Waals surface area contributed by atoms with Gasteiger partial charge in [-0.25, -0.2) is 0 Å². The Balaban J connectivity index is 1.41. The van der Waals surface area contributed by atoms with E-state index in [1.165, 1.54) is 43.2 Å². The Kier molecular flexibility index (Phi) is 4.36. The molecule has 0 aromatic heterocycles. The van der Waals surface area contributed by atoms with Crippen molar-refractivity contribution in [3.63, 3.8) is 0 Å². The summed E-state index contributed by atoms with van der Waals surface area (Å²) >= 11 is 0. The van der Waals surface area contributed by atoms with Crippen molar-refractivity contribution in [1.29, 1.82) is 0 Å². The molecular formula is C17H24N2O. The predicted molar refractivity (Wildman–Crippen MR) is 80.5 cm³/mol. The van der Waals surface area contributed by atoms with E-state index >= 15 is 0 Å². The van der Waals surface area contributed by atoms with Crippen LogP contribution in [0.5, 0.6) is 0 Å². The Morgan fingerprint density at radius 2 is 2.05 bits per heavy atom. The molecule has 1 atom stereocenters. The average molecular weight is 272 g/mol. The SMILES string of the molecule is O=C(CCCNC1CCCc2ccccc21)NC1CC1. The molecule has 1 amide bonds. The summed E-state index contributed by atoms with van der Waals surface area (Å²) in [5.41, 5.74) is 2.95. The van der Waals surface area contributed by atoms with Crippen LogP contribution in [0.4, 0.5) is 0 Å². The van der Waals surface area contributed by atoms with E-state index in [-0.39, 0.29) is 5.91 Å². The normalized spacial score (nSPS) is 21.3. The van der Waals surface area contributed by atoms with Gasteiger partial charge in [-0.3, -0.25) is 4.79 Å². The number of benzene rings is 1. The zero-order valence-corrected chi connectivity index (χ0v) is 12.0. The van der Waals surface area contributed by atoms with Gasteiger partial charge in [-0.1, -0.05) is 24.3 Å². The van der Waals surface area contributed by atoms with Crippen molar-refractivity contribution in [3.05, 3.63) is 35.4 Å². The van der Waals surface area contributed by atoms with Crippen LogP contribution in [0.2, 0.25) is 0 Å². The molecule has 1 fully saturated rings. The Labute approximate surface area is 121 Å². The van der Waals surface area contributed by atoms with Crippen molar-refractivity contribution in [2.45, 2.75) is 57.0 Å². The molecule has 3 heteroatoms. The van der Waals surface area contributed by atoms with Gasteiger partial charge < -0.3 is 10.6 Å². The average Bonchev–Trinajstić information content (AvgIpc) is 3.27. The second-order valence-electron chi connectivity index (χ2n) is 6.04. The van der Waals surface area contributed by atoms with Gasteiger partial charge in [0.25, 0.3) is 0 Å². The minimum Gasteiger partial charge on any atom is -0.353 e. The third-order valence-corrected chi connectivity index (χ3v) is 4.28. The summed E-state index contributed by atoms with van der Waals surface area (Å²) in [4.78, 5) is 11.6. The summed E-state index contributed by atoms with van der Waals surface area (Å²) in [6, 6.07) is 9.70. The number of nitrogens with one attached hydrogen (secondary N) is 2. The van der Waals surface area contributed by atoms with E-state index in [2.05, 4.69) is 34.9 Å². The first kappa shape index (κ1) is 13.6. The molecule has 1 unspecified atom stereocenters. The van der Waals surface area contributed by atoms with E-state index in [4.69, 9.17) is 0 Å². The first-order valence-electron chi connectivity index (χ1n) is 7.93. The number of hydrogen-bond acceptors (Lipinski definition) is 2. The van der Waals surface area contributed by atoms with E-state index in [9.17, 15) is 4.79 Å². The van der Waals surface area contributed by atoms with Crippen LogP contribution in [-0.2, 0) is 11.2 Å². The Bertz CT molecular complexity index is 468. The number of amides is 1. The van der Waals surface area contributed by atoms with Crippen LogP contribution in [0, 0.1) is 0 Å². The summed E-state index contributed by atoms with van der Waals surface area (Å²) in [5.74, 6) is 0.221. The van der Waals surface area contributed by atoms with Gasteiger partial charge in [0.15, 0.2) is 0 Å². The van der Waals surface area contributed by atoms with Crippen molar-refractivity contribution >= 4 is 5.91 Å². The fraction of sp³-hybridized carbons (Fsp3) is 0.588. The molecule has 2 aliphatic rings. The van der Waals surface area contributed by atoms with Gasteiger partial charge >= 0.3 is 0 Å². The molecule has 108 valence electrons. The van der Waals surface area contributed by atoms with E-state index in [1.54, 1.807) is 0 Å². The molecule has 1 aromatic carbocycles. The lowest BCUT2D eigenvalue weighted by Crippen LogP contribution is -2.28. The Morgan fingerprint density at radius 3 is 2.90 bits per heavy atom. The van der Waals surface area contributed by atoms with Crippen molar-refractivity contribution in [2.75, 3.05) is 6.54 Å². The third kappa shape index (κ3) is 3.60. The van der Waals surface area contributed by atoms with Gasteiger partial charge in [0.2, 0.25) is 5.91 Å². The van der Waals surface area contributed by atoms with Gasteiger partial charge in [0.05, 0.1) is 0 Å². The van der Waals surface area contributed by atoms with E-state index < -0.39 is 0 Å². The fourth-order valence-corrected chi connectivity index (χ4v) is 3.02. The lowest BCUT2D eigenvalue weighted by atomic mass is 9.88. The maximum absolute atomic E-state index is 11.6. The van der Waals surface area contributed by atoms with Crippen molar-refractivity contribution in [3.8, 4) is 0 Å². The van der Waals surface area contributed by atoms with Crippen LogP contribution in [0.1, 0.15) is 55.7 Å². The molecule has 0 saturated heterocycles. The molecule has 3 rings (SSSR count). The lowest BCUT2D eigenvalue weighted by Gasteiger charge is -2.26. The number of carbonyl (C=O) groups is 1. The van der Waals surface area contributed by atoms with Crippen molar-refractivity contribution < 1.29 is 4.79 Å². The number of rotatable bonds is 6. The second-order valence-corrected chi connectivity index (χ2v) is 6.04. The highest BCUT2D eigenvalue weighted by molar-refractivity contribution is 5.76. The number of aryl methyl sites for hydroxylation is 1. The highest BCUT2D eigenvalue weighted by atomic mass is 16.1. The minimum atomic E-state index is 0.221. The first-order valence-corrected chi connectivity index (χ1v) is 7.93. The Hall–Kier alpha value is -1.35. The molecule has 1 saturated carbocycles. The van der Waals surface area contributed by atoms with Gasteiger partial charge in [-0.05, 0) is 56.2 Å². The quantitative estimate of drug-likeness (QED) is 0.782. The lowest BCUT2D eigenvalue weighted by molar-refractivity contribution is -0.121. The van der Waals surface area contributed by atoms with E-state index in [0.717, 1.165) is 13.0 Å². The zero-order valence-electron chi connectivity index (χ0n) is 12.0. The molecule has 3 nitrogen and oxygen atoms in total. The van der Waals surface area contributed by atoms with Crippen molar-refractivity contribution in [1.82, 2.24) is 10.6 Å². The highest BCUT2D eigenvalue weighted by Crippen LogP contribution is 2.29. The topological polar surface area (TPSA) is 41.1 Å². The fourth-order valence-electron chi connectivity index (χ4n) is 3.02. The maximum atomic E-state index is 11.6. The van der Waals surface area contributed by atoms with E-state index in [0.29, 0.717) is 18.5 Å². The summed E-state index contributed by atoms with van der Waals surface area (Å²) in [5, 5.41) is 6.66. The summed E-state index contributed by atoms with van der Waals surface area (Å²) in [6.07, 6.45) is 7.60. The van der Waals surface area contributed by atoms with Crippen LogP contribution in [0.25, 0.3) is 0 Å². The largest absolute Gasteiger partial charge is 0.353 e. The minimum absolute atomic E-state index is 0.221. The van der Waals surface area contributed by atoms with Crippen molar-refractivity contribution in [2.24, 2.45) is 0 Å². The first-order chi connectivity index (χ1) is 9.83. The summed E-state index contributed by atoms with van der Waals surface area (Å²) < 4.78 is 0. The molecule has 1 aromatic rings. The number of hydrogen-bond donors (Lipinski definition) is 2. The monoisotopic (exact) mass is 272 g/mol. The van der Waals surface area contributed by atoms with E-state index in [1.807, 2.05) is 0 Å². The number of carbonyl (C=O) groups excluding carboxylic acids is 1. The Morgan fingerprint density at radius 1 is 1.20 bits per heavy atom. The predicted octanol–water partition coefficient (Wildman–Crippen LogP) is 2.71. The molecule has 20 heavy (non-hydrogen) atoms. The number of fused-ring (bicyclic) bond motifs is 1. The maximum Gasteiger partial charge on any atom is 0.220 e. The smallest absolute Gasteiger partial charge is 0.220 e. The van der Waals surface area contributed by atoms with Crippen LogP contribution in [0.3, 0.4) is 0 Å². The second kappa shape index (κ2) is 6.40. The zero-order chi connectivity index (χ0) is 13.8. The van der Waals surface area contributed by atoms with Crippen LogP contribution >= 0.6 is 0 Å². The molecule has 0 aliphatic heterocycles. The van der Waals surface area contributed by atoms with Gasteiger partial charge in [-0.2, -0.15) is 0 Å². The molecule has 0 bridgehead atoms. The van der Waals surface area contributed by atoms with Crippen LogP contribution < -0.4 is 10.6 Å². The molecule has 0 spiro atoms. The molecular weight excluding hydrogens is 248 g/mol. The third-order valence-electron chi connectivity index (χ3n) is 4.28. The summed E-state index contributed by atoms with van der Waals surface area (Å²) in [6.45, 7) is 0.928. The molecule has 2 aliphatic carbocycles. The van der Waals surface area contributed by atoms with Crippen LogP contribution in [-0.4, -0.2) is 18.5 Å². The molecule has 0 heterocycles.